The minimum Gasteiger partial charge on any atom is -0.274 e. The summed E-state index contributed by atoms with van der Waals surface area (Å²) in [6, 6.07) is 13.5. The van der Waals surface area contributed by atoms with E-state index in [1.165, 1.54) is 10.5 Å². The van der Waals surface area contributed by atoms with E-state index in [4.69, 9.17) is 16.6 Å². The Morgan fingerprint density at radius 3 is 2.41 bits per heavy atom. The highest BCUT2D eigenvalue weighted by Gasteiger charge is 2.48. The second-order valence-electron chi connectivity index (χ2n) is 7.56. The highest BCUT2D eigenvalue weighted by atomic mass is 35.5. The number of hydrogen-bond donors (Lipinski definition) is 0. The highest BCUT2D eigenvalue weighted by Crippen LogP contribution is 2.41. The molecule has 2 aliphatic rings. The molecule has 1 aliphatic heterocycles. The fourth-order valence-corrected chi connectivity index (χ4v) is 6.42. The zero-order valence-corrected chi connectivity index (χ0v) is 18.0. The van der Waals surface area contributed by atoms with Gasteiger partial charge in [-0.25, -0.2) is 4.98 Å². The summed E-state index contributed by atoms with van der Waals surface area (Å²) in [5.74, 6) is 0.510. The van der Waals surface area contributed by atoms with Crippen molar-refractivity contribution < 1.29 is 9.59 Å². The van der Waals surface area contributed by atoms with Gasteiger partial charge in [0, 0.05) is 10.8 Å². The van der Waals surface area contributed by atoms with E-state index in [0.29, 0.717) is 5.69 Å². The van der Waals surface area contributed by atoms with Crippen LogP contribution in [0.2, 0.25) is 5.02 Å². The average Bonchev–Trinajstić information content (AvgIpc) is 3.26. The van der Waals surface area contributed by atoms with Crippen molar-refractivity contribution >= 4 is 62.4 Å². The Bertz CT molecular complexity index is 1070. The smallest absolute Gasteiger partial charge is 0.237 e. The molecule has 29 heavy (non-hydrogen) atoms. The van der Waals surface area contributed by atoms with Crippen molar-refractivity contribution in [1.29, 1.82) is 0 Å². The Labute approximate surface area is 182 Å². The number of amides is 2. The summed E-state index contributed by atoms with van der Waals surface area (Å²) in [4.78, 5) is 31.8. The molecule has 0 bridgehead atoms. The molecule has 1 aliphatic carbocycles. The number of anilines is 1. The maximum atomic E-state index is 12.9. The summed E-state index contributed by atoms with van der Waals surface area (Å²) in [5.41, 5.74) is 2.77. The third-order valence-electron chi connectivity index (χ3n) is 5.73. The summed E-state index contributed by atoms with van der Waals surface area (Å²) in [6.07, 6.45) is 3.74. The van der Waals surface area contributed by atoms with Crippen LogP contribution in [0.5, 0.6) is 0 Å². The van der Waals surface area contributed by atoms with Crippen molar-refractivity contribution in [2.45, 2.75) is 35.8 Å². The van der Waals surface area contributed by atoms with Gasteiger partial charge in [-0.05, 0) is 48.7 Å². The van der Waals surface area contributed by atoms with Gasteiger partial charge in [0.1, 0.15) is 0 Å². The van der Waals surface area contributed by atoms with Crippen LogP contribution in [0.4, 0.5) is 5.69 Å². The molecule has 2 amide bonds. The van der Waals surface area contributed by atoms with Crippen LogP contribution in [0.1, 0.15) is 31.2 Å². The first-order valence-electron chi connectivity index (χ1n) is 9.76. The molecule has 7 heteroatoms. The first kappa shape index (κ1) is 19.1. The third kappa shape index (κ3) is 3.58. The van der Waals surface area contributed by atoms with E-state index in [1.807, 2.05) is 42.5 Å². The zero-order valence-electron chi connectivity index (χ0n) is 15.6. The number of rotatable bonds is 4. The van der Waals surface area contributed by atoms with Gasteiger partial charge < -0.3 is 0 Å². The molecule has 3 aromatic rings. The van der Waals surface area contributed by atoms with Gasteiger partial charge >= 0.3 is 0 Å². The first-order valence-corrected chi connectivity index (χ1v) is 11.9. The number of hydrogen-bond acceptors (Lipinski definition) is 5. The van der Waals surface area contributed by atoms with Gasteiger partial charge in [-0.1, -0.05) is 48.3 Å². The number of imide groups is 1. The summed E-state index contributed by atoms with van der Waals surface area (Å²) >= 11 is 9.22. The van der Waals surface area contributed by atoms with Gasteiger partial charge in [-0.2, -0.15) is 0 Å². The van der Waals surface area contributed by atoms with Crippen LogP contribution in [-0.2, 0) is 15.3 Å². The average molecular weight is 443 g/mol. The number of nitrogens with zero attached hydrogens (tertiary/aromatic N) is 2. The number of benzene rings is 2. The van der Waals surface area contributed by atoms with Crippen LogP contribution in [0.15, 0.2) is 46.8 Å². The van der Waals surface area contributed by atoms with Crippen molar-refractivity contribution in [2.24, 2.45) is 11.8 Å². The van der Waals surface area contributed by atoms with Crippen molar-refractivity contribution in [2.75, 3.05) is 4.90 Å². The molecular weight excluding hydrogens is 424 g/mol. The van der Waals surface area contributed by atoms with E-state index in [1.54, 1.807) is 23.1 Å². The lowest BCUT2D eigenvalue weighted by Crippen LogP contribution is -2.30. The van der Waals surface area contributed by atoms with Crippen molar-refractivity contribution in [3.63, 3.8) is 0 Å². The molecule has 0 radical (unpaired) electrons. The number of fused-ring (bicyclic) bond motifs is 2. The van der Waals surface area contributed by atoms with E-state index in [2.05, 4.69) is 0 Å². The lowest BCUT2D eigenvalue weighted by molar-refractivity contribution is -0.122. The van der Waals surface area contributed by atoms with Gasteiger partial charge in [0.15, 0.2) is 4.34 Å². The summed E-state index contributed by atoms with van der Waals surface area (Å²) < 4.78 is 1.97. The van der Waals surface area contributed by atoms with Crippen molar-refractivity contribution in [1.82, 2.24) is 4.98 Å². The molecule has 0 spiro atoms. The van der Waals surface area contributed by atoms with Gasteiger partial charge in [0.25, 0.3) is 0 Å². The number of carbonyl (C=O) groups is 2. The van der Waals surface area contributed by atoms with Gasteiger partial charge in [-0.15, -0.1) is 11.3 Å². The quantitative estimate of drug-likeness (QED) is 0.371. The molecular formula is C22H19ClN2O2S2. The second-order valence-corrected chi connectivity index (χ2v) is 10.2. The predicted molar refractivity (Wildman–Crippen MR) is 119 cm³/mol. The van der Waals surface area contributed by atoms with Crippen LogP contribution in [0, 0.1) is 11.8 Å². The number of thioether (sulfide) groups is 1. The normalized spacial score (nSPS) is 21.8. The van der Waals surface area contributed by atoms with Crippen LogP contribution in [-0.4, -0.2) is 16.8 Å². The van der Waals surface area contributed by atoms with Crippen LogP contribution >= 0.6 is 34.7 Å². The lowest BCUT2D eigenvalue weighted by atomic mass is 9.81. The van der Waals surface area contributed by atoms with E-state index in [9.17, 15) is 9.59 Å². The third-order valence-corrected chi connectivity index (χ3v) is 8.21. The number of carbonyl (C=O) groups excluding carboxylic acids is 2. The predicted octanol–water partition coefficient (Wildman–Crippen LogP) is 5.92. The van der Waals surface area contributed by atoms with Crippen LogP contribution in [0.3, 0.4) is 0 Å². The standard InChI is InChI=1S/C22H19ClN2O2S2/c23-14-7-5-13(6-8-14)12-28-22-24-18-10-9-15(11-19(18)29-22)25-20(26)16-3-1-2-4-17(16)21(25)27/h5-11,16-17H,1-4,12H2/t16-,17+. The SMILES string of the molecule is O=C1[C@H]2CCCC[C@H]2C(=O)N1c1ccc2nc(SCc3ccc(Cl)cc3)sc2c1. The fraction of sp³-hybridized carbons (Fsp3) is 0.318. The van der Waals surface area contributed by atoms with Gasteiger partial charge in [0.2, 0.25) is 11.8 Å². The Balaban J connectivity index is 1.37. The largest absolute Gasteiger partial charge is 0.274 e. The monoisotopic (exact) mass is 442 g/mol. The molecule has 2 atom stereocenters. The van der Waals surface area contributed by atoms with E-state index >= 15 is 0 Å². The number of aromatic nitrogens is 1. The molecule has 4 nitrogen and oxygen atoms in total. The second kappa shape index (κ2) is 7.74. The first-order chi connectivity index (χ1) is 14.1. The Morgan fingerprint density at radius 2 is 1.72 bits per heavy atom. The van der Waals surface area contributed by atoms with Crippen molar-refractivity contribution in [3.8, 4) is 0 Å². The molecule has 0 unspecified atom stereocenters. The zero-order chi connectivity index (χ0) is 20.0. The molecule has 1 saturated carbocycles. The Hall–Kier alpha value is -1.89. The minimum absolute atomic E-state index is 0.0269. The maximum Gasteiger partial charge on any atom is 0.237 e. The maximum absolute atomic E-state index is 12.9. The van der Waals surface area contributed by atoms with E-state index < -0.39 is 0 Å². The van der Waals surface area contributed by atoms with Crippen LogP contribution in [0.25, 0.3) is 10.2 Å². The highest BCUT2D eigenvalue weighted by molar-refractivity contribution is 8.00. The molecule has 2 aromatic carbocycles. The summed E-state index contributed by atoms with van der Waals surface area (Å²) in [7, 11) is 0. The molecule has 5 rings (SSSR count). The molecule has 2 fully saturated rings. The van der Waals surface area contributed by atoms with Gasteiger partial charge in [0.05, 0.1) is 27.7 Å². The lowest BCUT2D eigenvalue weighted by Gasteiger charge is -2.19. The minimum atomic E-state index is -0.126. The Kier molecular flexibility index (Phi) is 5.10. The van der Waals surface area contributed by atoms with E-state index in [-0.39, 0.29) is 23.7 Å². The van der Waals surface area contributed by atoms with Crippen LogP contribution < -0.4 is 4.90 Å². The molecule has 1 aromatic heterocycles. The van der Waals surface area contributed by atoms with Crippen molar-refractivity contribution in [3.05, 3.63) is 53.1 Å². The molecule has 0 N–H and O–H groups in total. The summed E-state index contributed by atoms with van der Waals surface area (Å²) in [6.45, 7) is 0. The molecule has 2 heterocycles. The molecule has 148 valence electrons. The number of thiazole rings is 1. The van der Waals surface area contributed by atoms with Gasteiger partial charge in [-0.3, -0.25) is 14.5 Å². The molecule has 1 saturated heterocycles. The summed E-state index contributed by atoms with van der Waals surface area (Å²) in [5, 5.41) is 0.733. The fourth-order valence-electron chi connectivity index (χ4n) is 4.24. The topological polar surface area (TPSA) is 50.3 Å². The number of halogens is 1. The Morgan fingerprint density at radius 1 is 1.03 bits per heavy atom. The van der Waals surface area contributed by atoms with E-state index in [0.717, 1.165) is 51.0 Å².